The van der Waals surface area contributed by atoms with Crippen molar-refractivity contribution in [1.82, 2.24) is 30.1 Å². The van der Waals surface area contributed by atoms with E-state index < -0.39 is 0 Å². The maximum absolute atomic E-state index is 12.9. The number of benzene rings is 1. The molecule has 0 bridgehead atoms. The van der Waals surface area contributed by atoms with Gasteiger partial charge in [-0.15, -0.1) is 5.10 Å². The molecule has 168 valence electrons. The summed E-state index contributed by atoms with van der Waals surface area (Å²) in [5.74, 6) is 1.60. The second-order valence-corrected chi connectivity index (χ2v) is 9.24. The number of aryl methyl sites for hydroxylation is 1. The van der Waals surface area contributed by atoms with E-state index in [1.807, 2.05) is 41.9 Å². The number of nitrogens with zero attached hydrogens (tertiary/aromatic N) is 5. The Morgan fingerprint density at radius 3 is 2.69 bits per heavy atom. The summed E-state index contributed by atoms with van der Waals surface area (Å²) in [6.07, 6.45) is 2.45. The van der Waals surface area contributed by atoms with Gasteiger partial charge in [0.2, 0.25) is 0 Å². The lowest BCUT2D eigenvalue weighted by Gasteiger charge is -2.31. The number of hydrogen-bond acceptors (Lipinski definition) is 6. The van der Waals surface area contributed by atoms with Gasteiger partial charge in [0, 0.05) is 17.6 Å². The van der Waals surface area contributed by atoms with Crippen molar-refractivity contribution in [3.63, 3.8) is 0 Å². The molecule has 0 unspecified atom stereocenters. The van der Waals surface area contributed by atoms with Crippen LogP contribution >= 0.6 is 0 Å². The maximum atomic E-state index is 12.9. The summed E-state index contributed by atoms with van der Waals surface area (Å²) < 4.78 is 7.51. The molecule has 0 spiro atoms. The lowest BCUT2D eigenvalue weighted by molar-refractivity contribution is 0.142. The van der Waals surface area contributed by atoms with Crippen LogP contribution in [0.3, 0.4) is 0 Å². The number of aromatic amines is 1. The van der Waals surface area contributed by atoms with Gasteiger partial charge in [-0.3, -0.25) is 9.69 Å². The first-order valence-electron chi connectivity index (χ1n) is 10.9. The van der Waals surface area contributed by atoms with Crippen LogP contribution in [0, 0.1) is 6.92 Å². The first-order valence-corrected chi connectivity index (χ1v) is 10.9. The standard InChI is InChI=1S/C24H30N6O2/c1-6-21(22-26-27-28-30(22)24(3,4)5)29(15-19-8-7-11-32-19)14-18-13-17-12-16(2)9-10-20(17)25-23(18)31/h7-13,21H,6,14-15H2,1-5H3,(H,25,31)/t21-/m0/s1. The number of fused-ring (bicyclic) bond motifs is 1. The van der Waals surface area contributed by atoms with Gasteiger partial charge in [-0.2, -0.15) is 0 Å². The summed E-state index contributed by atoms with van der Waals surface area (Å²) in [5.41, 5.74) is 2.34. The molecular weight excluding hydrogens is 404 g/mol. The monoisotopic (exact) mass is 434 g/mol. The molecule has 1 atom stereocenters. The van der Waals surface area contributed by atoms with Crippen molar-refractivity contribution < 1.29 is 4.42 Å². The van der Waals surface area contributed by atoms with Gasteiger partial charge in [0.25, 0.3) is 5.56 Å². The van der Waals surface area contributed by atoms with Crippen molar-refractivity contribution in [3.05, 3.63) is 75.7 Å². The van der Waals surface area contributed by atoms with Crippen LogP contribution in [0.4, 0.5) is 0 Å². The third-order valence-electron chi connectivity index (χ3n) is 5.64. The van der Waals surface area contributed by atoms with Crippen LogP contribution in [-0.2, 0) is 18.6 Å². The molecule has 8 heteroatoms. The molecule has 0 radical (unpaired) electrons. The molecule has 32 heavy (non-hydrogen) atoms. The molecule has 0 amide bonds. The van der Waals surface area contributed by atoms with Gasteiger partial charge in [-0.05, 0) is 80.3 Å². The third-order valence-corrected chi connectivity index (χ3v) is 5.64. The number of hydrogen-bond donors (Lipinski definition) is 1. The summed E-state index contributed by atoms with van der Waals surface area (Å²) in [4.78, 5) is 18.2. The SMILES string of the molecule is CC[C@@H](c1nnnn1C(C)(C)C)N(Cc1ccco1)Cc1cc2cc(C)ccc2[nH]c1=O. The van der Waals surface area contributed by atoms with Crippen LogP contribution in [0.2, 0.25) is 0 Å². The van der Waals surface area contributed by atoms with Crippen molar-refractivity contribution in [3.8, 4) is 0 Å². The summed E-state index contributed by atoms with van der Waals surface area (Å²) in [6, 6.07) is 11.7. The highest BCUT2D eigenvalue weighted by molar-refractivity contribution is 5.79. The van der Waals surface area contributed by atoms with Crippen LogP contribution in [0.5, 0.6) is 0 Å². The van der Waals surface area contributed by atoms with E-state index in [-0.39, 0.29) is 17.1 Å². The Bertz CT molecular complexity index is 1250. The van der Waals surface area contributed by atoms with E-state index in [1.54, 1.807) is 6.26 Å². The van der Waals surface area contributed by atoms with Crippen LogP contribution in [-0.4, -0.2) is 30.1 Å². The molecule has 0 aliphatic rings. The second kappa shape index (κ2) is 8.70. The van der Waals surface area contributed by atoms with Crippen molar-refractivity contribution in [1.29, 1.82) is 0 Å². The molecule has 0 fully saturated rings. The molecular formula is C24H30N6O2. The molecule has 8 nitrogen and oxygen atoms in total. The van der Waals surface area contributed by atoms with Gasteiger partial charge >= 0.3 is 0 Å². The Labute approximate surface area is 187 Å². The molecule has 1 aromatic carbocycles. The van der Waals surface area contributed by atoms with Gasteiger partial charge in [0.1, 0.15) is 5.76 Å². The average Bonchev–Trinajstić information content (AvgIpc) is 3.41. The Hall–Kier alpha value is -3.26. The van der Waals surface area contributed by atoms with Crippen LogP contribution in [0.15, 0.2) is 51.9 Å². The van der Waals surface area contributed by atoms with Crippen molar-refractivity contribution in [2.75, 3.05) is 0 Å². The minimum Gasteiger partial charge on any atom is -0.468 e. The molecule has 1 N–H and O–H groups in total. The zero-order chi connectivity index (χ0) is 22.9. The Morgan fingerprint density at radius 1 is 1.19 bits per heavy atom. The van der Waals surface area contributed by atoms with E-state index in [1.165, 1.54) is 0 Å². The normalized spacial score (nSPS) is 13.2. The zero-order valence-corrected chi connectivity index (χ0v) is 19.3. The van der Waals surface area contributed by atoms with Gasteiger partial charge < -0.3 is 9.40 Å². The molecule has 0 aliphatic carbocycles. The molecule has 4 aromatic rings. The van der Waals surface area contributed by atoms with E-state index >= 15 is 0 Å². The van der Waals surface area contributed by atoms with Crippen molar-refractivity contribution in [2.45, 2.75) is 65.7 Å². The Morgan fingerprint density at radius 2 is 2.00 bits per heavy atom. The van der Waals surface area contributed by atoms with Crippen molar-refractivity contribution >= 4 is 10.9 Å². The molecule has 0 saturated heterocycles. The zero-order valence-electron chi connectivity index (χ0n) is 19.3. The minimum atomic E-state index is -0.263. The molecule has 3 heterocycles. The number of tetrazole rings is 1. The van der Waals surface area contributed by atoms with Crippen LogP contribution < -0.4 is 5.56 Å². The fraction of sp³-hybridized carbons (Fsp3) is 0.417. The maximum Gasteiger partial charge on any atom is 0.252 e. The summed E-state index contributed by atoms with van der Waals surface area (Å²) in [7, 11) is 0. The first-order chi connectivity index (χ1) is 15.3. The average molecular weight is 435 g/mol. The lowest BCUT2D eigenvalue weighted by Crippen LogP contribution is -2.35. The number of aromatic nitrogens is 5. The highest BCUT2D eigenvalue weighted by Gasteiger charge is 2.30. The molecule has 0 saturated carbocycles. The quantitative estimate of drug-likeness (QED) is 0.466. The van der Waals surface area contributed by atoms with Crippen molar-refractivity contribution in [2.24, 2.45) is 0 Å². The predicted molar refractivity (Wildman–Crippen MR) is 123 cm³/mol. The molecule has 4 rings (SSSR count). The highest BCUT2D eigenvalue weighted by Crippen LogP contribution is 2.29. The molecule has 0 aliphatic heterocycles. The van der Waals surface area contributed by atoms with E-state index in [0.717, 1.165) is 34.5 Å². The molecule has 3 aromatic heterocycles. The highest BCUT2D eigenvalue weighted by atomic mass is 16.3. The Balaban J connectivity index is 1.76. The minimum absolute atomic E-state index is 0.0870. The van der Waals surface area contributed by atoms with E-state index in [2.05, 4.69) is 59.2 Å². The largest absolute Gasteiger partial charge is 0.468 e. The fourth-order valence-corrected chi connectivity index (χ4v) is 4.07. The van der Waals surface area contributed by atoms with Gasteiger partial charge in [-0.25, -0.2) is 4.68 Å². The number of pyridine rings is 1. The lowest BCUT2D eigenvalue weighted by atomic mass is 10.1. The topological polar surface area (TPSA) is 92.8 Å². The Kier molecular flexibility index (Phi) is 5.97. The van der Waals surface area contributed by atoms with E-state index in [9.17, 15) is 4.79 Å². The van der Waals surface area contributed by atoms with Crippen LogP contribution in [0.1, 0.15) is 62.9 Å². The van der Waals surface area contributed by atoms with Gasteiger partial charge in [0.05, 0.1) is 24.4 Å². The van der Waals surface area contributed by atoms with Gasteiger partial charge in [-0.1, -0.05) is 18.6 Å². The summed E-state index contributed by atoms with van der Waals surface area (Å²) in [6.45, 7) is 11.4. The summed E-state index contributed by atoms with van der Waals surface area (Å²) in [5, 5.41) is 13.6. The summed E-state index contributed by atoms with van der Waals surface area (Å²) >= 11 is 0. The van der Waals surface area contributed by atoms with Gasteiger partial charge in [0.15, 0.2) is 5.82 Å². The van der Waals surface area contributed by atoms with E-state index in [4.69, 9.17) is 4.42 Å². The number of H-pyrrole nitrogens is 1. The van der Waals surface area contributed by atoms with Crippen LogP contribution in [0.25, 0.3) is 10.9 Å². The first kappa shape index (κ1) is 22.0. The smallest absolute Gasteiger partial charge is 0.252 e. The number of furan rings is 1. The fourth-order valence-electron chi connectivity index (χ4n) is 4.07. The number of rotatable bonds is 7. The third kappa shape index (κ3) is 4.50. The van der Waals surface area contributed by atoms with E-state index in [0.29, 0.717) is 18.7 Å². The predicted octanol–water partition coefficient (Wildman–Crippen LogP) is 4.32. The second-order valence-electron chi connectivity index (χ2n) is 9.24. The number of nitrogens with one attached hydrogen (secondary N) is 1.